The molecule has 2 heterocycles. The van der Waals surface area contributed by atoms with Crippen molar-refractivity contribution in [3.8, 4) is 0 Å². The van der Waals surface area contributed by atoms with E-state index in [0.717, 1.165) is 36.2 Å². The Morgan fingerprint density at radius 1 is 1.05 bits per heavy atom. The summed E-state index contributed by atoms with van der Waals surface area (Å²) in [4.78, 5) is 40.8. The van der Waals surface area contributed by atoms with E-state index in [-0.39, 0.29) is 11.9 Å². The number of ether oxygens (including phenoxy) is 2. The quantitative estimate of drug-likeness (QED) is 0.326. The van der Waals surface area contributed by atoms with Crippen molar-refractivity contribution < 1.29 is 19.1 Å². The van der Waals surface area contributed by atoms with Crippen molar-refractivity contribution in [2.75, 3.05) is 6.54 Å². The van der Waals surface area contributed by atoms with E-state index in [1.165, 1.54) is 5.56 Å². The number of fused-ring (bicyclic) bond motifs is 1. The largest absolute Gasteiger partial charge is 0.444 e. The predicted octanol–water partition coefficient (Wildman–Crippen LogP) is 6.30. The third-order valence-corrected chi connectivity index (χ3v) is 6.20. The number of pyridine rings is 2. The lowest BCUT2D eigenvalue weighted by Gasteiger charge is -2.35. The summed E-state index contributed by atoms with van der Waals surface area (Å²) in [5.41, 5.74) is 3.19. The van der Waals surface area contributed by atoms with E-state index in [1.807, 2.05) is 24.5 Å². The molecule has 39 heavy (non-hydrogen) atoms. The molecule has 1 atom stereocenters. The average Bonchev–Trinajstić information content (AvgIpc) is 2.82. The molecule has 0 fully saturated rings. The van der Waals surface area contributed by atoms with Gasteiger partial charge in [0.1, 0.15) is 17.0 Å². The molecule has 0 saturated carbocycles. The van der Waals surface area contributed by atoms with Crippen molar-refractivity contribution in [2.24, 2.45) is 4.99 Å². The Labute approximate surface area is 232 Å². The molecule has 212 valence electrons. The average molecular weight is 538 g/mol. The fraction of sp³-hybridized carbons (Fsp3) is 0.567. The molecule has 0 saturated heterocycles. The summed E-state index contributed by atoms with van der Waals surface area (Å²) in [6, 6.07) is 8.33. The maximum Gasteiger partial charge on any atom is 0.435 e. The number of aromatic nitrogens is 2. The molecule has 1 N–H and O–H groups in total. The van der Waals surface area contributed by atoms with Gasteiger partial charge in [-0.25, -0.2) is 9.59 Å². The highest BCUT2D eigenvalue weighted by atomic mass is 16.6. The van der Waals surface area contributed by atoms with Crippen molar-refractivity contribution in [1.29, 1.82) is 0 Å². The van der Waals surface area contributed by atoms with E-state index >= 15 is 0 Å². The van der Waals surface area contributed by atoms with Gasteiger partial charge in [-0.2, -0.15) is 4.99 Å². The minimum absolute atomic E-state index is 0.154. The molecule has 3 rings (SSSR count). The molecular formula is C30H43N5O4. The highest BCUT2D eigenvalue weighted by molar-refractivity contribution is 6.00. The van der Waals surface area contributed by atoms with Crippen molar-refractivity contribution in [2.45, 2.75) is 104 Å². The topological polar surface area (TPSA) is 106 Å². The molecule has 2 aromatic rings. The molecule has 0 spiro atoms. The zero-order chi connectivity index (χ0) is 28.6. The number of carbonyl (C=O) groups excluding carboxylic acids is 2. The van der Waals surface area contributed by atoms with Crippen molar-refractivity contribution >= 4 is 18.0 Å². The Morgan fingerprint density at radius 2 is 1.74 bits per heavy atom. The lowest BCUT2D eigenvalue weighted by Crippen LogP contribution is -2.38. The summed E-state index contributed by atoms with van der Waals surface area (Å²) >= 11 is 0. The molecule has 0 aromatic carbocycles. The predicted molar refractivity (Wildman–Crippen MR) is 152 cm³/mol. The lowest BCUT2D eigenvalue weighted by molar-refractivity contribution is 0.0561. The van der Waals surface area contributed by atoms with Gasteiger partial charge < -0.3 is 9.47 Å². The Morgan fingerprint density at radius 3 is 2.44 bits per heavy atom. The summed E-state index contributed by atoms with van der Waals surface area (Å²) < 4.78 is 10.8. The zero-order valence-corrected chi connectivity index (χ0v) is 24.4. The number of amidine groups is 1. The first kappa shape index (κ1) is 30.2. The van der Waals surface area contributed by atoms with Crippen LogP contribution in [0.5, 0.6) is 0 Å². The number of hydrogen-bond acceptors (Lipinski definition) is 7. The summed E-state index contributed by atoms with van der Waals surface area (Å²) in [5.74, 6) is 0.217. The molecule has 1 aliphatic carbocycles. The van der Waals surface area contributed by atoms with Gasteiger partial charge >= 0.3 is 12.2 Å². The zero-order valence-electron chi connectivity index (χ0n) is 24.4. The highest BCUT2D eigenvalue weighted by Gasteiger charge is 2.28. The van der Waals surface area contributed by atoms with E-state index in [2.05, 4.69) is 39.2 Å². The van der Waals surface area contributed by atoms with E-state index in [9.17, 15) is 9.59 Å². The van der Waals surface area contributed by atoms with Crippen molar-refractivity contribution in [1.82, 2.24) is 20.2 Å². The number of hydrogen-bond donors (Lipinski definition) is 1. The number of aliphatic imine (C=N–C) groups is 1. The van der Waals surface area contributed by atoms with Crippen LogP contribution in [0.4, 0.5) is 9.59 Å². The van der Waals surface area contributed by atoms with Crippen molar-refractivity contribution in [3.63, 3.8) is 0 Å². The molecule has 0 bridgehead atoms. The molecule has 1 unspecified atom stereocenters. The van der Waals surface area contributed by atoms with E-state index in [1.54, 1.807) is 41.5 Å². The van der Waals surface area contributed by atoms with E-state index in [4.69, 9.17) is 14.5 Å². The van der Waals surface area contributed by atoms with Gasteiger partial charge in [0.2, 0.25) is 0 Å². The first-order valence-corrected chi connectivity index (χ1v) is 13.7. The first-order valence-electron chi connectivity index (χ1n) is 13.7. The second-order valence-corrected chi connectivity index (χ2v) is 12.0. The third kappa shape index (κ3) is 10.1. The number of alkyl carbamates (subject to hydrolysis) is 1. The molecular weight excluding hydrogens is 494 g/mol. The minimum atomic E-state index is -0.750. The molecule has 9 nitrogen and oxygen atoms in total. The first-order chi connectivity index (χ1) is 18.3. The number of rotatable bonds is 7. The minimum Gasteiger partial charge on any atom is -0.444 e. The maximum atomic E-state index is 12.5. The maximum absolute atomic E-state index is 12.5. The van der Waals surface area contributed by atoms with Crippen LogP contribution < -0.4 is 5.32 Å². The van der Waals surface area contributed by atoms with Gasteiger partial charge in [-0.3, -0.25) is 20.2 Å². The van der Waals surface area contributed by atoms with Gasteiger partial charge in [0.05, 0.1) is 17.4 Å². The molecule has 9 heteroatoms. The van der Waals surface area contributed by atoms with Gasteiger partial charge in [0, 0.05) is 25.4 Å². The second-order valence-electron chi connectivity index (χ2n) is 12.0. The van der Waals surface area contributed by atoms with Gasteiger partial charge in [0.15, 0.2) is 0 Å². The van der Waals surface area contributed by atoms with Crippen LogP contribution in [0.3, 0.4) is 0 Å². The number of aryl methyl sites for hydroxylation is 2. The summed E-state index contributed by atoms with van der Waals surface area (Å²) in [6.45, 7) is 14.1. The molecule has 0 aliphatic heterocycles. The number of carbonyl (C=O) groups is 2. The lowest BCUT2D eigenvalue weighted by atomic mass is 9.90. The number of amides is 2. The molecule has 0 radical (unpaired) electrons. The van der Waals surface area contributed by atoms with Gasteiger partial charge in [-0.1, -0.05) is 12.1 Å². The smallest absolute Gasteiger partial charge is 0.435 e. The summed E-state index contributed by atoms with van der Waals surface area (Å²) in [5, 5.41) is 2.66. The van der Waals surface area contributed by atoms with Crippen LogP contribution >= 0.6 is 0 Å². The van der Waals surface area contributed by atoms with Crippen LogP contribution in [0.25, 0.3) is 0 Å². The second kappa shape index (κ2) is 13.2. The van der Waals surface area contributed by atoms with Gasteiger partial charge in [-0.05, 0) is 104 Å². The van der Waals surface area contributed by atoms with Crippen LogP contribution in [0.2, 0.25) is 0 Å². The summed E-state index contributed by atoms with van der Waals surface area (Å²) in [6.07, 6.45) is 6.40. The van der Waals surface area contributed by atoms with E-state index < -0.39 is 23.4 Å². The summed E-state index contributed by atoms with van der Waals surface area (Å²) in [7, 11) is 0. The van der Waals surface area contributed by atoms with E-state index in [0.29, 0.717) is 25.9 Å². The number of nitrogens with zero attached hydrogens (tertiary/aromatic N) is 4. The standard InChI is InChI=1S/C30H43N5O4/c1-21-12-9-17-31-23(21)20-35(24-15-8-13-22-14-10-18-32-26(22)24)19-11-16-25(33-27(36)38-29(2,3)4)34-28(37)39-30(5,6)7/h9-10,12,14,17-18,24H,8,11,13,15-16,19-20H2,1-7H3,(H,33,34,36,37). The normalized spacial score (nSPS) is 16.0. The third-order valence-electron chi connectivity index (χ3n) is 6.20. The fourth-order valence-electron chi connectivity index (χ4n) is 4.57. The molecule has 2 aromatic heterocycles. The van der Waals surface area contributed by atoms with Gasteiger partial charge in [-0.15, -0.1) is 0 Å². The fourth-order valence-corrected chi connectivity index (χ4v) is 4.57. The van der Waals surface area contributed by atoms with Gasteiger partial charge in [0.25, 0.3) is 0 Å². The molecule has 1 aliphatic rings. The molecule has 2 amide bonds. The van der Waals surface area contributed by atoms with Crippen LogP contribution in [-0.4, -0.2) is 50.6 Å². The number of nitrogens with one attached hydrogen (secondary N) is 1. The van der Waals surface area contributed by atoms with Crippen molar-refractivity contribution in [3.05, 3.63) is 59.2 Å². The Kier molecular flexibility index (Phi) is 10.2. The highest BCUT2D eigenvalue weighted by Crippen LogP contribution is 2.34. The van der Waals surface area contributed by atoms with Crippen LogP contribution in [0.15, 0.2) is 41.7 Å². The Balaban J connectivity index is 1.79. The van der Waals surface area contributed by atoms with Crippen LogP contribution in [0.1, 0.15) is 95.8 Å². The monoisotopic (exact) mass is 537 g/mol. The SMILES string of the molecule is Cc1cccnc1CN(CCCC(=NC(=O)OC(C)(C)C)NC(=O)OC(C)(C)C)C1CCCc2cccnc21. The Bertz CT molecular complexity index is 1170. The van der Waals surface area contributed by atoms with Crippen LogP contribution in [-0.2, 0) is 22.4 Å². The van der Waals surface area contributed by atoms with Crippen LogP contribution in [0, 0.1) is 6.92 Å². The Hall–Kier alpha value is -3.33.